The number of anilines is 3. The molecule has 0 saturated carbocycles. The van der Waals surface area contributed by atoms with Crippen molar-refractivity contribution >= 4 is 23.4 Å². The van der Waals surface area contributed by atoms with Crippen LogP contribution >= 0.6 is 0 Å². The Hall–Kier alpha value is -4.51. The molecule has 2 aromatic heterocycles. The van der Waals surface area contributed by atoms with Gasteiger partial charge in [-0.3, -0.25) is 9.69 Å². The summed E-state index contributed by atoms with van der Waals surface area (Å²) in [6.45, 7) is 5.93. The molecule has 0 aliphatic carbocycles. The number of pyridine rings is 1. The molecule has 3 saturated heterocycles. The van der Waals surface area contributed by atoms with Crippen molar-refractivity contribution < 1.29 is 24.1 Å². The molecule has 3 aromatic rings. The first-order valence-corrected chi connectivity index (χ1v) is 14.9. The van der Waals surface area contributed by atoms with Crippen molar-refractivity contribution in [2.45, 2.75) is 25.0 Å². The molecule has 230 valence electrons. The van der Waals surface area contributed by atoms with Gasteiger partial charge in [-0.25, -0.2) is 9.97 Å². The summed E-state index contributed by atoms with van der Waals surface area (Å²) in [4.78, 5) is 31.8. The van der Waals surface area contributed by atoms with E-state index in [0.717, 1.165) is 50.6 Å². The molecule has 3 fully saturated rings. The normalized spacial score (nSPS) is 17.9. The van der Waals surface area contributed by atoms with E-state index >= 15 is 0 Å². The lowest BCUT2D eigenvalue weighted by Crippen LogP contribution is -2.56. The number of aromatic nitrogens is 3. The van der Waals surface area contributed by atoms with Gasteiger partial charge in [-0.1, -0.05) is 0 Å². The zero-order chi connectivity index (χ0) is 30.5. The monoisotopic (exact) mass is 600 g/mol. The van der Waals surface area contributed by atoms with Crippen LogP contribution in [0.5, 0.6) is 11.6 Å². The number of nitrogens with one attached hydrogen (secondary N) is 1. The van der Waals surface area contributed by atoms with E-state index in [1.165, 1.54) is 0 Å². The van der Waals surface area contributed by atoms with Gasteiger partial charge < -0.3 is 34.4 Å². The van der Waals surface area contributed by atoms with Gasteiger partial charge in [0.05, 0.1) is 37.6 Å². The molecule has 0 atom stereocenters. The summed E-state index contributed by atoms with van der Waals surface area (Å²) in [5.74, 6) is 1.67. The third-order valence-corrected chi connectivity index (χ3v) is 8.34. The van der Waals surface area contributed by atoms with E-state index in [0.29, 0.717) is 66.6 Å². The summed E-state index contributed by atoms with van der Waals surface area (Å²) in [6, 6.07) is 13.8. The lowest BCUT2D eigenvalue weighted by molar-refractivity contribution is -0.135. The summed E-state index contributed by atoms with van der Waals surface area (Å²) in [5, 5.41) is 22.1. The Bertz CT molecular complexity index is 1510. The molecule has 3 aliphatic rings. The quantitative estimate of drug-likeness (QED) is 0.370. The first kappa shape index (κ1) is 29.6. The van der Waals surface area contributed by atoms with Gasteiger partial charge in [0.25, 0.3) is 0 Å². The molecule has 13 nitrogen and oxygen atoms in total. The Morgan fingerprint density at radius 1 is 1.09 bits per heavy atom. The topological polar surface area (TPSA) is 149 Å². The summed E-state index contributed by atoms with van der Waals surface area (Å²) in [7, 11) is 1.62. The van der Waals surface area contributed by atoms with Crippen LogP contribution in [-0.2, 0) is 9.53 Å². The van der Waals surface area contributed by atoms with Crippen LogP contribution in [0.25, 0.3) is 11.3 Å². The average Bonchev–Trinajstić information content (AvgIpc) is 3.04. The molecule has 3 aliphatic heterocycles. The summed E-state index contributed by atoms with van der Waals surface area (Å²) < 4.78 is 17.1. The van der Waals surface area contributed by atoms with Crippen molar-refractivity contribution in [3.05, 3.63) is 48.2 Å². The minimum absolute atomic E-state index is 0.117. The molecule has 5 heterocycles. The molecular formula is C31H36N8O5. The van der Waals surface area contributed by atoms with Crippen molar-refractivity contribution in [2.75, 3.05) is 76.4 Å². The third kappa shape index (κ3) is 6.52. The number of amides is 1. The number of methoxy groups -OCH3 is 1. The zero-order valence-electron chi connectivity index (χ0n) is 24.7. The van der Waals surface area contributed by atoms with Gasteiger partial charge >= 0.3 is 0 Å². The molecule has 1 aromatic carbocycles. The van der Waals surface area contributed by atoms with Gasteiger partial charge in [-0.05, 0) is 36.4 Å². The van der Waals surface area contributed by atoms with Crippen molar-refractivity contribution in [2.24, 2.45) is 0 Å². The van der Waals surface area contributed by atoms with E-state index in [-0.39, 0.29) is 12.0 Å². The maximum Gasteiger partial charge on any atom is 0.248 e. The number of nitriles is 1. The molecule has 0 unspecified atom stereocenters. The van der Waals surface area contributed by atoms with E-state index in [1.54, 1.807) is 36.4 Å². The number of likely N-dealkylation sites (tertiary alicyclic amines) is 1. The Morgan fingerprint density at radius 3 is 2.57 bits per heavy atom. The molecule has 13 heteroatoms. The lowest BCUT2D eigenvalue weighted by Gasteiger charge is -2.43. The fourth-order valence-electron chi connectivity index (χ4n) is 5.73. The molecule has 0 spiro atoms. The third-order valence-electron chi connectivity index (χ3n) is 8.34. The number of ether oxygens (including phenoxy) is 3. The van der Waals surface area contributed by atoms with Crippen LogP contribution < -0.4 is 19.7 Å². The number of piperidine rings is 1. The maximum atomic E-state index is 11.7. The highest BCUT2D eigenvalue weighted by Gasteiger charge is 2.30. The Kier molecular flexibility index (Phi) is 9.02. The summed E-state index contributed by atoms with van der Waals surface area (Å²) >= 11 is 0. The van der Waals surface area contributed by atoms with Crippen LogP contribution in [0.2, 0.25) is 0 Å². The molecule has 2 N–H and O–H groups in total. The molecule has 6 rings (SSSR count). The van der Waals surface area contributed by atoms with E-state index in [2.05, 4.69) is 36.1 Å². The number of carbonyl (C=O) groups excluding carboxylic acids is 1. The number of nitrogens with zero attached hydrogens (tertiary/aromatic N) is 7. The van der Waals surface area contributed by atoms with Gasteiger partial charge in [-0.2, -0.15) is 10.2 Å². The number of carbonyl (C=O) groups is 1. The number of hydrogen-bond acceptors (Lipinski definition) is 12. The Balaban J connectivity index is 1.10. The minimum atomic E-state index is -0.488. The van der Waals surface area contributed by atoms with Gasteiger partial charge in [0.2, 0.25) is 17.7 Å². The smallest absolute Gasteiger partial charge is 0.248 e. The standard InChI is InChI=1S/C31H36N8O5/c1-42-30-26(38-14-12-37(13-15-38)23-19-43-20-23)3-5-28(35-30)36-31-33-9-6-25(34-31)21-2-4-27(22(16-21)17-32)44-24-7-10-39(11-8-24)29(41)18-40/h2-6,9,16,23-24,40H,7-8,10-15,18-20H2,1H3,(H,33,34,35,36). The molecule has 0 radical (unpaired) electrons. The maximum absolute atomic E-state index is 11.7. The van der Waals surface area contributed by atoms with Crippen LogP contribution in [0.3, 0.4) is 0 Å². The van der Waals surface area contributed by atoms with E-state index in [4.69, 9.17) is 19.3 Å². The highest BCUT2D eigenvalue weighted by molar-refractivity contribution is 5.77. The van der Waals surface area contributed by atoms with E-state index < -0.39 is 6.61 Å². The first-order chi connectivity index (χ1) is 21.5. The SMILES string of the molecule is COc1nc(Nc2nccc(-c3ccc(OC4CCN(C(=O)CO)CC4)c(C#N)c3)n2)ccc1N1CCN(C2COC2)CC1. The van der Waals surface area contributed by atoms with Crippen LogP contribution in [-0.4, -0.2) is 114 Å². The predicted molar refractivity (Wildman–Crippen MR) is 162 cm³/mol. The van der Waals surface area contributed by atoms with Gasteiger partial charge in [0.1, 0.15) is 36.0 Å². The largest absolute Gasteiger partial charge is 0.489 e. The number of benzene rings is 1. The second kappa shape index (κ2) is 13.4. The molecule has 1 amide bonds. The summed E-state index contributed by atoms with van der Waals surface area (Å²) in [6.07, 6.45) is 2.80. The van der Waals surface area contributed by atoms with Gasteiger partial charge in [0, 0.05) is 63.9 Å². The van der Waals surface area contributed by atoms with Crippen LogP contribution in [0.15, 0.2) is 42.6 Å². The fourth-order valence-corrected chi connectivity index (χ4v) is 5.73. The predicted octanol–water partition coefficient (Wildman–Crippen LogP) is 2.05. The highest BCUT2D eigenvalue weighted by Crippen LogP contribution is 2.31. The lowest BCUT2D eigenvalue weighted by atomic mass is 10.1. The summed E-state index contributed by atoms with van der Waals surface area (Å²) in [5.41, 5.74) is 2.73. The minimum Gasteiger partial charge on any atom is -0.489 e. The van der Waals surface area contributed by atoms with Crippen LogP contribution in [0.4, 0.5) is 17.5 Å². The Morgan fingerprint density at radius 2 is 1.89 bits per heavy atom. The number of piperazine rings is 1. The van der Waals surface area contributed by atoms with Gasteiger partial charge in [0.15, 0.2) is 0 Å². The molecule has 0 bridgehead atoms. The first-order valence-electron chi connectivity index (χ1n) is 14.9. The van der Waals surface area contributed by atoms with Crippen LogP contribution in [0, 0.1) is 11.3 Å². The van der Waals surface area contributed by atoms with Crippen molar-refractivity contribution in [3.63, 3.8) is 0 Å². The highest BCUT2D eigenvalue weighted by atomic mass is 16.5. The van der Waals surface area contributed by atoms with Crippen molar-refractivity contribution in [1.82, 2.24) is 24.8 Å². The van der Waals surface area contributed by atoms with Crippen LogP contribution in [0.1, 0.15) is 18.4 Å². The number of hydrogen-bond donors (Lipinski definition) is 2. The van der Waals surface area contributed by atoms with E-state index in [1.807, 2.05) is 18.2 Å². The van der Waals surface area contributed by atoms with Gasteiger partial charge in [-0.15, -0.1) is 0 Å². The van der Waals surface area contributed by atoms with Crippen molar-refractivity contribution in [1.29, 1.82) is 5.26 Å². The molecule has 44 heavy (non-hydrogen) atoms. The van der Waals surface area contributed by atoms with E-state index in [9.17, 15) is 10.1 Å². The fraction of sp³-hybridized carbons (Fsp3) is 0.452. The number of rotatable bonds is 9. The number of aliphatic hydroxyl groups excluding tert-OH is 1. The molecular weight excluding hydrogens is 564 g/mol. The second-order valence-corrected chi connectivity index (χ2v) is 11.0. The number of aliphatic hydroxyl groups is 1. The second-order valence-electron chi connectivity index (χ2n) is 11.0. The zero-order valence-corrected chi connectivity index (χ0v) is 24.7. The Labute approximate surface area is 256 Å². The van der Waals surface area contributed by atoms with Crippen molar-refractivity contribution in [3.8, 4) is 29.0 Å². The average molecular weight is 601 g/mol.